The molecule has 0 aliphatic carbocycles. The molecule has 0 aromatic carbocycles. The van der Waals surface area contributed by atoms with Gasteiger partial charge >= 0.3 is 6.09 Å². The number of hydrogen-bond donors (Lipinski definition) is 0. The van der Waals surface area contributed by atoms with Crippen LogP contribution in [0.4, 0.5) is 9.18 Å². The number of likely N-dealkylation sites (tertiary alicyclic amines) is 2. The molecule has 0 bridgehead atoms. The lowest BCUT2D eigenvalue weighted by Gasteiger charge is -2.38. The van der Waals surface area contributed by atoms with Gasteiger partial charge in [0, 0.05) is 43.7 Å². The summed E-state index contributed by atoms with van der Waals surface area (Å²) < 4.78 is 20.2. The highest BCUT2D eigenvalue weighted by Crippen LogP contribution is 2.30. The highest BCUT2D eigenvalue weighted by molar-refractivity contribution is 9.09. The SMILES string of the molecule is CC(C)(C)OC(=O)N1CCC(F)(CN2CC(Br)CC2=O)CC1. The molecular formula is C15H24BrFN2O3. The van der Waals surface area contributed by atoms with E-state index in [-0.39, 0.29) is 30.1 Å². The predicted molar refractivity (Wildman–Crippen MR) is 84.8 cm³/mol. The van der Waals surface area contributed by atoms with E-state index >= 15 is 0 Å². The zero-order valence-electron chi connectivity index (χ0n) is 13.4. The number of halogens is 2. The highest BCUT2D eigenvalue weighted by atomic mass is 79.9. The first kappa shape index (κ1) is 17.5. The van der Waals surface area contributed by atoms with Crippen LogP contribution in [0.2, 0.25) is 0 Å². The number of nitrogens with zero attached hydrogens (tertiary/aromatic N) is 2. The fraction of sp³-hybridized carbons (Fsp3) is 0.867. The molecule has 1 atom stereocenters. The van der Waals surface area contributed by atoms with Crippen LogP contribution >= 0.6 is 15.9 Å². The van der Waals surface area contributed by atoms with Crippen molar-refractivity contribution in [2.45, 2.75) is 56.1 Å². The quantitative estimate of drug-likeness (QED) is 0.694. The molecule has 2 amide bonds. The summed E-state index contributed by atoms with van der Waals surface area (Å²) >= 11 is 3.40. The Labute approximate surface area is 139 Å². The van der Waals surface area contributed by atoms with Gasteiger partial charge in [0.15, 0.2) is 0 Å². The van der Waals surface area contributed by atoms with Crippen LogP contribution in [0.15, 0.2) is 0 Å². The summed E-state index contributed by atoms with van der Waals surface area (Å²) in [7, 11) is 0. The fourth-order valence-corrected chi connectivity index (χ4v) is 3.42. The number of carbonyl (C=O) groups excluding carboxylic acids is 2. The topological polar surface area (TPSA) is 49.9 Å². The molecule has 2 fully saturated rings. The molecule has 2 heterocycles. The zero-order chi connectivity index (χ0) is 16.5. The van der Waals surface area contributed by atoms with Crippen molar-refractivity contribution >= 4 is 27.9 Å². The van der Waals surface area contributed by atoms with Crippen molar-refractivity contribution in [1.29, 1.82) is 0 Å². The van der Waals surface area contributed by atoms with Gasteiger partial charge in [-0.25, -0.2) is 9.18 Å². The Kier molecular flexibility index (Phi) is 5.04. The number of piperidine rings is 1. The summed E-state index contributed by atoms with van der Waals surface area (Å²) in [5.74, 6) is -0.00604. The molecule has 0 radical (unpaired) electrons. The van der Waals surface area contributed by atoms with Crippen molar-refractivity contribution in [3.63, 3.8) is 0 Å². The van der Waals surface area contributed by atoms with E-state index in [4.69, 9.17) is 4.74 Å². The fourth-order valence-electron chi connectivity index (χ4n) is 2.79. The lowest BCUT2D eigenvalue weighted by Crippen LogP contribution is -2.50. The first-order valence-electron chi connectivity index (χ1n) is 7.67. The zero-order valence-corrected chi connectivity index (χ0v) is 15.0. The minimum absolute atomic E-state index is 0.00604. The van der Waals surface area contributed by atoms with Crippen LogP contribution in [0.5, 0.6) is 0 Å². The van der Waals surface area contributed by atoms with Crippen LogP contribution in [0.1, 0.15) is 40.0 Å². The third-order valence-electron chi connectivity index (χ3n) is 3.95. The van der Waals surface area contributed by atoms with Gasteiger partial charge in [-0.2, -0.15) is 0 Å². The van der Waals surface area contributed by atoms with Gasteiger partial charge in [-0.1, -0.05) is 15.9 Å². The maximum Gasteiger partial charge on any atom is 0.410 e. The van der Waals surface area contributed by atoms with Crippen molar-refractivity contribution in [3.05, 3.63) is 0 Å². The molecule has 126 valence electrons. The highest BCUT2D eigenvalue weighted by Gasteiger charge is 2.41. The van der Waals surface area contributed by atoms with Crippen LogP contribution in [-0.2, 0) is 9.53 Å². The number of alkyl halides is 2. The van der Waals surface area contributed by atoms with Crippen molar-refractivity contribution in [3.8, 4) is 0 Å². The van der Waals surface area contributed by atoms with E-state index in [1.165, 1.54) is 0 Å². The standard InChI is InChI=1S/C15H24BrFN2O3/c1-14(2,3)22-13(21)18-6-4-15(17,5-7-18)10-19-9-11(16)8-12(19)20/h11H,4-10H2,1-3H3. The molecule has 2 aliphatic heterocycles. The van der Waals surface area contributed by atoms with E-state index in [0.717, 1.165) is 0 Å². The monoisotopic (exact) mass is 378 g/mol. The van der Waals surface area contributed by atoms with Gasteiger partial charge in [0.05, 0.1) is 6.54 Å². The lowest BCUT2D eigenvalue weighted by molar-refractivity contribution is -0.130. The largest absolute Gasteiger partial charge is 0.444 e. The van der Waals surface area contributed by atoms with E-state index in [1.807, 2.05) is 20.8 Å². The summed E-state index contributed by atoms with van der Waals surface area (Å²) in [5, 5.41) is 0. The summed E-state index contributed by atoms with van der Waals surface area (Å²) in [4.78, 5) is 27.0. The van der Waals surface area contributed by atoms with Crippen LogP contribution in [0.3, 0.4) is 0 Å². The van der Waals surface area contributed by atoms with E-state index in [9.17, 15) is 14.0 Å². The number of rotatable bonds is 2. The number of hydrogen-bond acceptors (Lipinski definition) is 3. The smallest absolute Gasteiger partial charge is 0.410 e. The molecule has 22 heavy (non-hydrogen) atoms. The molecule has 0 N–H and O–H groups in total. The van der Waals surface area contributed by atoms with Gasteiger partial charge < -0.3 is 14.5 Å². The van der Waals surface area contributed by atoms with Crippen molar-refractivity contribution < 1.29 is 18.7 Å². The second-order valence-corrected chi connectivity index (χ2v) is 8.49. The van der Waals surface area contributed by atoms with E-state index in [1.54, 1.807) is 9.80 Å². The third kappa shape index (κ3) is 4.57. The Balaban J connectivity index is 1.85. The Morgan fingerprint density at radius 3 is 2.45 bits per heavy atom. The van der Waals surface area contributed by atoms with Gasteiger partial charge in [0.2, 0.25) is 5.91 Å². The average molecular weight is 379 g/mol. The first-order valence-corrected chi connectivity index (χ1v) is 8.58. The minimum atomic E-state index is -1.41. The second kappa shape index (κ2) is 6.34. The third-order valence-corrected chi connectivity index (χ3v) is 4.57. The maximum atomic E-state index is 14.9. The Hall–Kier alpha value is -0.850. The molecular weight excluding hydrogens is 355 g/mol. The second-order valence-electron chi connectivity index (χ2n) is 7.19. The van der Waals surface area contributed by atoms with Crippen molar-refractivity contribution in [2.24, 2.45) is 0 Å². The van der Waals surface area contributed by atoms with Crippen molar-refractivity contribution in [2.75, 3.05) is 26.2 Å². The number of ether oxygens (including phenoxy) is 1. The molecule has 1 unspecified atom stereocenters. The molecule has 2 aliphatic rings. The molecule has 0 aromatic heterocycles. The van der Waals surface area contributed by atoms with Crippen molar-refractivity contribution in [1.82, 2.24) is 9.80 Å². The summed E-state index contributed by atoms with van der Waals surface area (Å²) in [6.45, 7) is 6.75. The Morgan fingerprint density at radius 1 is 1.41 bits per heavy atom. The number of amides is 2. The van der Waals surface area contributed by atoms with Crippen LogP contribution in [-0.4, -0.2) is 64.1 Å². The molecule has 0 saturated carbocycles. The molecule has 0 spiro atoms. The van der Waals surface area contributed by atoms with Gasteiger partial charge in [-0.05, 0) is 20.8 Å². The van der Waals surface area contributed by atoms with Crippen LogP contribution < -0.4 is 0 Å². The van der Waals surface area contributed by atoms with Gasteiger partial charge in [-0.15, -0.1) is 0 Å². The Morgan fingerprint density at radius 2 is 2.00 bits per heavy atom. The van der Waals surface area contributed by atoms with E-state index in [0.29, 0.717) is 26.1 Å². The van der Waals surface area contributed by atoms with E-state index < -0.39 is 17.4 Å². The summed E-state index contributed by atoms with van der Waals surface area (Å²) in [6.07, 6.45) is 0.513. The average Bonchev–Trinajstić information content (AvgIpc) is 2.65. The maximum absolute atomic E-state index is 14.9. The molecule has 2 saturated heterocycles. The molecule has 0 aromatic rings. The summed E-state index contributed by atoms with van der Waals surface area (Å²) in [6, 6.07) is 0. The first-order chi connectivity index (χ1) is 10.1. The van der Waals surface area contributed by atoms with Gasteiger partial charge in [-0.3, -0.25) is 4.79 Å². The molecule has 7 heteroatoms. The van der Waals surface area contributed by atoms with Gasteiger partial charge in [0.25, 0.3) is 0 Å². The molecule has 5 nitrogen and oxygen atoms in total. The van der Waals surface area contributed by atoms with E-state index in [2.05, 4.69) is 15.9 Å². The molecule has 2 rings (SSSR count). The van der Waals surface area contributed by atoms with Crippen LogP contribution in [0.25, 0.3) is 0 Å². The lowest BCUT2D eigenvalue weighted by atomic mass is 9.93. The Bertz CT molecular complexity index is 445. The predicted octanol–water partition coefficient (Wildman–Crippen LogP) is 2.72. The normalized spacial score (nSPS) is 25.5. The van der Waals surface area contributed by atoms with Gasteiger partial charge in [0.1, 0.15) is 11.3 Å². The van der Waals surface area contributed by atoms with Crippen LogP contribution in [0, 0.1) is 0 Å². The minimum Gasteiger partial charge on any atom is -0.444 e. The summed E-state index contributed by atoms with van der Waals surface area (Å²) in [5.41, 5.74) is -1.96. The number of carbonyl (C=O) groups is 2.